The second-order valence-corrected chi connectivity index (χ2v) is 8.11. The Bertz CT molecular complexity index is 889. The van der Waals surface area contributed by atoms with Gasteiger partial charge < -0.3 is 14.2 Å². The molecule has 3 nitrogen and oxygen atoms in total. The van der Waals surface area contributed by atoms with Gasteiger partial charge in [0.25, 0.3) is 0 Å². The van der Waals surface area contributed by atoms with Gasteiger partial charge in [-0.25, -0.2) is 0 Å². The molecule has 4 atom stereocenters. The summed E-state index contributed by atoms with van der Waals surface area (Å²) in [7, 11) is 3.09. The van der Waals surface area contributed by atoms with Crippen LogP contribution >= 0.6 is 0 Å². The Morgan fingerprint density at radius 3 is 2.06 bits per heavy atom. The molecular formula is C23H25BF6NO2. The highest BCUT2D eigenvalue weighted by molar-refractivity contribution is 6.23. The molecule has 0 aromatic heterocycles. The lowest BCUT2D eigenvalue weighted by atomic mass is 9.87. The lowest BCUT2D eigenvalue weighted by Gasteiger charge is -2.28. The Morgan fingerprint density at radius 2 is 1.58 bits per heavy atom. The van der Waals surface area contributed by atoms with Crippen LogP contribution in [0.2, 0.25) is 0 Å². The van der Waals surface area contributed by atoms with Crippen LogP contribution in [0.4, 0.5) is 26.3 Å². The SMILES string of the molecule is CC[C@H]1[C@H](c2ccccc2)[C@@H](OC(C)c2cc(C(F)(F)F)cc(C(F)(F)F)c2)CN1[B]OC. The fourth-order valence-corrected chi connectivity index (χ4v) is 4.45. The Balaban J connectivity index is 1.95. The van der Waals surface area contributed by atoms with E-state index in [-0.39, 0.29) is 23.6 Å². The average Bonchev–Trinajstić information content (AvgIpc) is 3.09. The number of halogens is 6. The Kier molecular flexibility index (Phi) is 7.81. The van der Waals surface area contributed by atoms with Gasteiger partial charge in [0.2, 0.25) is 0 Å². The van der Waals surface area contributed by atoms with E-state index in [0.717, 1.165) is 24.1 Å². The summed E-state index contributed by atoms with van der Waals surface area (Å²) in [5.41, 5.74) is -1.90. The van der Waals surface area contributed by atoms with Crippen LogP contribution in [0.15, 0.2) is 48.5 Å². The van der Waals surface area contributed by atoms with Gasteiger partial charge in [0.05, 0.1) is 23.3 Å². The van der Waals surface area contributed by atoms with Crippen molar-refractivity contribution in [3.63, 3.8) is 0 Å². The van der Waals surface area contributed by atoms with Gasteiger partial charge in [-0.1, -0.05) is 37.3 Å². The Hall–Kier alpha value is -2.04. The monoisotopic (exact) mass is 472 g/mol. The first-order valence-electron chi connectivity index (χ1n) is 10.6. The van der Waals surface area contributed by atoms with Crippen molar-refractivity contribution >= 4 is 7.62 Å². The molecule has 10 heteroatoms. The maximum Gasteiger partial charge on any atom is 0.416 e. The highest BCUT2D eigenvalue weighted by atomic mass is 19.4. The summed E-state index contributed by atoms with van der Waals surface area (Å²) in [6.07, 6.45) is -10.5. The molecule has 179 valence electrons. The van der Waals surface area contributed by atoms with E-state index >= 15 is 0 Å². The van der Waals surface area contributed by atoms with Crippen LogP contribution in [0.5, 0.6) is 0 Å². The first-order chi connectivity index (χ1) is 15.5. The molecule has 0 saturated carbocycles. The van der Waals surface area contributed by atoms with Gasteiger partial charge in [-0.3, -0.25) is 0 Å². The maximum absolute atomic E-state index is 13.3. The van der Waals surface area contributed by atoms with Crippen molar-refractivity contribution in [2.75, 3.05) is 13.7 Å². The molecule has 3 rings (SSSR count). The smallest absolute Gasteiger partial charge is 0.416 e. The average molecular weight is 472 g/mol. The third-order valence-corrected chi connectivity index (χ3v) is 5.93. The fourth-order valence-electron chi connectivity index (χ4n) is 4.45. The number of rotatable bonds is 7. The second kappa shape index (κ2) is 10.1. The summed E-state index contributed by atoms with van der Waals surface area (Å²) in [6, 6.07) is 11.1. The van der Waals surface area contributed by atoms with Crippen molar-refractivity contribution in [3.8, 4) is 0 Å². The quantitative estimate of drug-likeness (QED) is 0.353. The largest absolute Gasteiger partial charge is 0.427 e. The number of nitrogens with zero attached hydrogens (tertiary/aromatic N) is 1. The minimum atomic E-state index is -4.91. The molecule has 1 unspecified atom stereocenters. The van der Waals surface area contributed by atoms with Crippen molar-refractivity contribution in [2.45, 2.75) is 56.8 Å². The van der Waals surface area contributed by atoms with E-state index < -0.39 is 35.7 Å². The van der Waals surface area contributed by atoms with Crippen LogP contribution in [-0.2, 0) is 21.7 Å². The van der Waals surface area contributed by atoms with E-state index in [4.69, 9.17) is 9.39 Å². The number of hydrogen-bond acceptors (Lipinski definition) is 3. The molecule has 0 spiro atoms. The molecule has 0 aliphatic carbocycles. The first-order valence-corrected chi connectivity index (χ1v) is 10.6. The number of hydrogen-bond donors (Lipinski definition) is 0. The fraction of sp³-hybridized carbons (Fsp3) is 0.478. The highest BCUT2D eigenvalue weighted by Gasteiger charge is 2.44. The normalized spacial score (nSPS) is 23.0. The maximum atomic E-state index is 13.3. The third kappa shape index (κ3) is 5.91. The van der Waals surface area contributed by atoms with Gasteiger partial charge in [0, 0.05) is 25.6 Å². The van der Waals surface area contributed by atoms with Crippen LogP contribution < -0.4 is 0 Å². The number of alkyl halides is 6. The summed E-state index contributed by atoms with van der Waals surface area (Å²) in [5, 5.41) is 0. The van der Waals surface area contributed by atoms with Crippen LogP contribution in [0.1, 0.15) is 54.5 Å². The van der Waals surface area contributed by atoms with Crippen LogP contribution in [0, 0.1) is 0 Å². The van der Waals surface area contributed by atoms with E-state index in [2.05, 4.69) is 0 Å². The molecular weight excluding hydrogens is 447 g/mol. The minimum Gasteiger partial charge on any atom is -0.427 e. The molecule has 1 radical (unpaired) electrons. The standard InChI is InChI=1S/C23H25BF6NO2/c1-4-19-21(15-8-6-5-7-9-15)20(13-31(19)24-32-3)33-14(2)16-10-17(22(25,26)27)12-18(11-16)23(28,29)30/h5-12,14,19-21H,4,13H2,1-3H3/t14?,19-,20-,21-/m0/s1. The predicted octanol–water partition coefficient (Wildman–Crippen LogP) is 6.23. The topological polar surface area (TPSA) is 21.7 Å². The Labute approximate surface area is 190 Å². The molecule has 33 heavy (non-hydrogen) atoms. The van der Waals surface area contributed by atoms with Crippen LogP contribution in [0.3, 0.4) is 0 Å². The van der Waals surface area contributed by atoms with Gasteiger partial charge >= 0.3 is 20.0 Å². The minimum absolute atomic E-state index is 0.00297. The lowest BCUT2D eigenvalue weighted by Crippen LogP contribution is -2.35. The van der Waals surface area contributed by atoms with Crippen LogP contribution in [0.25, 0.3) is 0 Å². The predicted molar refractivity (Wildman–Crippen MR) is 112 cm³/mol. The molecule has 0 N–H and O–H groups in total. The van der Waals surface area contributed by atoms with Gasteiger partial charge in [-0.05, 0) is 42.7 Å². The van der Waals surface area contributed by atoms with Crippen molar-refractivity contribution in [2.24, 2.45) is 0 Å². The highest BCUT2D eigenvalue weighted by Crippen LogP contribution is 2.41. The third-order valence-electron chi connectivity index (χ3n) is 5.93. The molecule has 1 aliphatic heterocycles. The molecule has 1 heterocycles. The zero-order valence-corrected chi connectivity index (χ0v) is 18.5. The van der Waals surface area contributed by atoms with Crippen LogP contribution in [-0.4, -0.2) is 38.2 Å². The lowest BCUT2D eigenvalue weighted by molar-refractivity contribution is -0.143. The van der Waals surface area contributed by atoms with E-state index in [0.29, 0.717) is 6.54 Å². The number of ether oxygens (including phenoxy) is 1. The van der Waals surface area contributed by atoms with Crippen molar-refractivity contribution < 1.29 is 35.7 Å². The van der Waals surface area contributed by atoms with Crippen molar-refractivity contribution in [1.29, 1.82) is 0 Å². The van der Waals surface area contributed by atoms with Gasteiger partial charge in [-0.2, -0.15) is 26.3 Å². The Morgan fingerprint density at radius 1 is 1.00 bits per heavy atom. The zero-order valence-electron chi connectivity index (χ0n) is 18.5. The summed E-state index contributed by atoms with van der Waals surface area (Å²) in [5.74, 6) is -0.141. The summed E-state index contributed by atoms with van der Waals surface area (Å²) in [6.45, 7) is 3.87. The summed E-state index contributed by atoms with van der Waals surface area (Å²) < 4.78 is 91.1. The van der Waals surface area contributed by atoms with Gasteiger partial charge in [0.15, 0.2) is 0 Å². The molecule has 0 bridgehead atoms. The van der Waals surface area contributed by atoms with E-state index in [1.165, 1.54) is 14.0 Å². The summed E-state index contributed by atoms with van der Waals surface area (Å²) >= 11 is 0. The molecule has 1 saturated heterocycles. The number of benzene rings is 2. The van der Waals surface area contributed by atoms with Gasteiger partial charge in [0.1, 0.15) is 0 Å². The zero-order chi connectivity index (χ0) is 24.4. The van der Waals surface area contributed by atoms with Gasteiger partial charge in [-0.15, -0.1) is 0 Å². The van der Waals surface area contributed by atoms with Crippen molar-refractivity contribution in [3.05, 3.63) is 70.8 Å². The first kappa shape index (κ1) is 25.6. The van der Waals surface area contributed by atoms with E-state index in [1.54, 1.807) is 7.62 Å². The van der Waals surface area contributed by atoms with E-state index in [1.807, 2.05) is 42.1 Å². The summed E-state index contributed by atoms with van der Waals surface area (Å²) in [4.78, 5) is 1.96. The second-order valence-electron chi connectivity index (χ2n) is 8.11. The van der Waals surface area contributed by atoms with Crippen molar-refractivity contribution in [1.82, 2.24) is 4.81 Å². The molecule has 1 aliphatic rings. The molecule has 1 fully saturated rings. The van der Waals surface area contributed by atoms with E-state index in [9.17, 15) is 26.3 Å². The molecule has 0 amide bonds. The molecule has 2 aromatic rings. The molecule has 2 aromatic carbocycles.